The molecule has 0 spiro atoms. The maximum Gasteiger partial charge on any atom is 0.249 e. The zero-order valence-corrected chi connectivity index (χ0v) is 6.11. The second kappa shape index (κ2) is 2.30. The number of H-pyrrole nitrogens is 1. The van der Waals surface area contributed by atoms with E-state index in [1.807, 2.05) is 0 Å². The average Bonchev–Trinajstić information content (AvgIpc) is 2.49. The third-order valence-electron chi connectivity index (χ3n) is 1.62. The third kappa shape index (κ3) is 0.833. The van der Waals surface area contributed by atoms with Crippen LogP contribution in [0.3, 0.4) is 0 Å². The van der Waals surface area contributed by atoms with Crippen molar-refractivity contribution in [3.05, 3.63) is 24.0 Å². The van der Waals surface area contributed by atoms with Gasteiger partial charge in [-0.3, -0.25) is 9.89 Å². The summed E-state index contributed by atoms with van der Waals surface area (Å²) in [6, 6.07) is 1.57. The standard InChI is InChI=1S/C7H6N4O/c8-6(12)4-1-2-9-7-5(4)3-10-11-7/h1-3H,(H2,8,12)(H,9,10,11). The Morgan fingerprint density at radius 1 is 1.58 bits per heavy atom. The Labute approximate surface area is 67.6 Å². The van der Waals surface area contributed by atoms with Crippen LogP contribution in [0, 0.1) is 0 Å². The highest BCUT2D eigenvalue weighted by atomic mass is 16.1. The van der Waals surface area contributed by atoms with Crippen LogP contribution in [0.5, 0.6) is 0 Å². The largest absolute Gasteiger partial charge is 0.366 e. The van der Waals surface area contributed by atoms with Crippen molar-refractivity contribution < 1.29 is 4.79 Å². The van der Waals surface area contributed by atoms with E-state index >= 15 is 0 Å². The molecule has 0 saturated carbocycles. The van der Waals surface area contributed by atoms with Crippen LogP contribution in [-0.4, -0.2) is 21.1 Å². The minimum atomic E-state index is -0.469. The summed E-state index contributed by atoms with van der Waals surface area (Å²) < 4.78 is 0. The van der Waals surface area contributed by atoms with Crippen LogP contribution in [0.1, 0.15) is 10.4 Å². The second-order valence-corrected chi connectivity index (χ2v) is 2.36. The van der Waals surface area contributed by atoms with Crippen molar-refractivity contribution in [3.8, 4) is 0 Å². The summed E-state index contributed by atoms with van der Waals surface area (Å²) in [5.74, 6) is -0.469. The first-order valence-electron chi connectivity index (χ1n) is 3.37. The molecule has 3 N–H and O–H groups in total. The number of rotatable bonds is 1. The number of hydrogen-bond donors (Lipinski definition) is 2. The molecule has 0 aliphatic carbocycles. The molecule has 0 bridgehead atoms. The molecule has 0 atom stereocenters. The van der Waals surface area contributed by atoms with Crippen LogP contribution in [-0.2, 0) is 0 Å². The van der Waals surface area contributed by atoms with Crippen molar-refractivity contribution in [2.75, 3.05) is 0 Å². The van der Waals surface area contributed by atoms with Crippen molar-refractivity contribution in [1.29, 1.82) is 0 Å². The first-order valence-corrected chi connectivity index (χ1v) is 3.37. The predicted molar refractivity (Wildman–Crippen MR) is 42.4 cm³/mol. The van der Waals surface area contributed by atoms with Crippen LogP contribution >= 0.6 is 0 Å². The van der Waals surface area contributed by atoms with E-state index < -0.39 is 5.91 Å². The molecule has 0 fully saturated rings. The Balaban J connectivity index is 2.82. The van der Waals surface area contributed by atoms with Crippen LogP contribution in [0.15, 0.2) is 18.5 Å². The quantitative estimate of drug-likeness (QED) is 0.621. The number of carbonyl (C=O) groups is 1. The van der Waals surface area contributed by atoms with Crippen molar-refractivity contribution in [3.63, 3.8) is 0 Å². The Kier molecular flexibility index (Phi) is 1.30. The SMILES string of the molecule is NC(=O)c1ccnc2[nH]ncc12. The highest BCUT2D eigenvalue weighted by molar-refractivity contribution is 6.04. The van der Waals surface area contributed by atoms with Crippen LogP contribution in [0.25, 0.3) is 11.0 Å². The van der Waals surface area contributed by atoms with Gasteiger partial charge in [-0.25, -0.2) is 4.98 Å². The zero-order chi connectivity index (χ0) is 8.55. The van der Waals surface area contributed by atoms with Crippen LogP contribution in [0.2, 0.25) is 0 Å². The van der Waals surface area contributed by atoms with Crippen LogP contribution in [0.4, 0.5) is 0 Å². The smallest absolute Gasteiger partial charge is 0.249 e. The number of aromatic nitrogens is 3. The summed E-state index contributed by atoms with van der Waals surface area (Å²) in [5, 5.41) is 7.05. The van der Waals surface area contributed by atoms with Crippen molar-refractivity contribution in [2.24, 2.45) is 5.73 Å². The van der Waals surface area contributed by atoms with Gasteiger partial charge in [-0.05, 0) is 6.07 Å². The molecule has 60 valence electrons. The van der Waals surface area contributed by atoms with E-state index in [4.69, 9.17) is 5.73 Å². The molecule has 2 heterocycles. The summed E-state index contributed by atoms with van der Waals surface area (Å²) in [5.41, 5.74) is 6.14. The lowest BCUT2D eigenvalue weighted by molar-refractivity contribution is 0.100. The minimum Gasteiger partial charge on any atom is -0.366 e. The summed E-state index contributed by atoms with van der Waals surface area (Å²) in [6.45, 7) is 0. The minimum absolute atomic E-state index is 0.439. The lowest BCUT2D eigenvalue weighted by Crippen LogP contribution is -2.11. The van der Waals surface area contributed by atoms with Gasteiger partial charge in [-0.2, -0.15) is 5.10 Å². The van der Waals surface area contributed by atoms with Crippen LogP contribution < -0.4 is 5.73 Å². The number of carbonyl (C=O) groups excluding carboxylic acids is 1. The number of amides is 1. The number of primary amides is 1. The van der Waals surface area contributed by atoms with E-state index in [1.54, 1.807) is 6.07 Å². The van der Waals surface area contributed by atoms with Gasteiger partial charge in [-0.1, -0.05) is 0 Å². The highest BCUT2D eigenvalue weighted by Crippen LogP contribution is 2.12. The molecule has 0 aliphatic rings. The zero-order valence-electron chi connectivity index (χ0n) is 6.11. The third-order valence-corrected chi connectivity index (χ3v) is 1.62. The summed E-state index contributed by atoms with van der Waals surface area (Å²) in [4.78, 5) is 14.8. The van der Waals surface area contributed by atoms with Gasteiger partial charge in [-0.15, -0.1) is 0 Å². The number of fused-ring (bicyclic) bond motifs is 1. The fourth-order valence-corrected chi connectivity index (χ4v) is 1.07. The molecule has 1 amide bonds. The molecular weight excluding hydrogens is 156 g/mol. The van der Waals surface area contributed by atoms with Crippen molar-refractivity contribution in [2.45, 2.75) is 0 Å². The van der Waals surface area contributed by atoms with E-state index in [0.29, 0.717) is 16.6 Å². The topological polar surface area (TPSA) is 84.7 Å². The Morgan fingerprint density at radius 2 is 2.42 bits per heavy atom. The molecule has 0 radical (unpaired) electrons. The first kappa shape index (κ1) is 6.78. The molecule has 0 aliphatic heterocycles. The van der Waals surface area contributed by atoms with Crippen molar-refractivity contribution >= 4 is 16.9 Å². The Morgan fingerprint density at radius 3 is 3.17 bits per heavy atom. The van der Waals surface area contributed by atoms with Gasteiger partial charge in [0.25, 0.3) is 0 Å². The molecule has 0 unspecified atom stereocenters. The molecule has 5 heteroatoms. The monoisotopic (exact) mass is 162 g/mol. The van der Waals surface area contributed by atoms with E-state index in [0.717, 1.165) is 0 Å². The lowest BCUT2D eigenvalue weighted by atomic mass is 10.2. The maximum absolute atomic E-state index is 10.9. The summed E-state index contributed by atoms with van der Waals surface area (Å²) in [7, 11) is 0. The van der Waals surface area contributed by atoms with Gasteiger partial charge < -0.3 is 5.73 Å². The van der Waals surface area contributed by atoms with Crippen molar-refractivity contribution in [1.82, 2.24) is 15.2 Å². The number of nitrogens with one attached hydrogen (secondary N) is 1. The average molecular weight is 162 g/mol. The molecule has 2 aromatic heterocycles. The molecule has 2 aromatic rings. The van der Waals surface area contributed by atoms with Gasteiger partial charge >= 0.3 is 0 Å². The number of nitrogens with two attached hydrogens (primary N) is 1. The van der Waals surface area contributed by atoms with E-state index in [-0.39, 0.29) is 0 Å². The summed E-state index contributed by atoms with van der Waals surface area (Å²) >= 11 is 0. The Hall–Kier alpha value is -1.91. The fraction of sp³-hybridized carbons (Fsp3) is 0. The van der Waals surface area contributed by atoms with E-state index in [9.17, 15) is 4.79 Å². The molecule has 5 nitrogen and oxygen atoms in total. The highest BCUT2D eigenvalue weighted by Gasteiger charge is 2.07. The molecule has 2 rings (SSSR count). The number of aromatic amines is 1. The number of nitrogens with zero attached hydrogens (tertiary/aromatic N) is 2. The number of hydrogen-bond acceptors (Lipinski definition) is 3. The number of pyridine rings is 1. The molecule has 12 heavy (non-hydrogen) atoms. The van der Waals surface area contributed by atoms with Gasteiger partial charge in [0.15, 0.2) is 5.65 Å². The van der Waals surface area contributed by atoms with E-state index in [2.05, 4.69) is 15.2 Å². The maximum atomic E-state index is 10.9. The van der Waals surface area contributed by atoms with Gasteiger partial charge in [0.2, 0.25) is 5.91 Å². The first-order chi connectivity index (χ1) is 5.79. The van der Waals surface area contributed by atoms with Gasteiger partial charge in [0, 0.05) is 6.20 Å². The fourth-order valence-electron chi connectivity index (χ4n) is 1.07. The lowest BCUT2D eigenvalue weighted by Gasteiger charge is -1.94. The Bertz CT molecular complexity index is 434. The summed E-state index contributed by atoms with van der Waals surface area (Å²) in [6.07, 6.45) is 3.04. The van der Waals surface area contributed by atoms with E-state index in [1.165, 1.54) is 12.4 Å². The molecular formula is C7H6N4O. The normalized spacial score (nSPS) is 10.3. The van der Waals surface area contributed by atoms with Gasteiger partial charge in [0.1, 0.15) is 0 Å². The predicted octanol–water partition coefficient (Wildman–Crippen LogP) is 0.0568. The van der Waals surface area contributed by atoms with Gasteiger partial charge in [0.05, 0.1) is 17.1 Å². The molecule has 0 aromatic carbocycles. The second-order valence-electron chi connectivity index (χ2n) is 2.36. The molecule has 0 saturated heterocycles.